The molecule has 1 aromatic carbocycles. The maximum absolute atomic E-state index is 12.5. The van der Waals surface area contributed by atoms with Crippen LogP contribution < -0.4 is 5.43 Å². The number of hydrogen-bond donors (Lipinski definition) is 1. The fraction of sp³-hybridized carbons (Fsp3) is 0. The summed E-state index contributed by atoms with van der Waals surface area (Å²) in [6, 6.07) is 8.12. The van der Waals surface area contributed by atoms with E-state index in [2.05, 4.69) is 10.4 Å². The topological polar surface area (TPSA) is 62.3 Å². The molecule has 1 saturated heterocycles. The molecule has 1 aliphatic heterocycles. The number of carbonyl (C=O) groups excluding carboxylic acids is 2. The van der Waals surface area contributed by atoms with Gasteiger partial charge in [0.2, 0.25) is 0 Å². The SMILES string of the molecule is O=C(NN1C(=O)/C(=C/c2c(Cl)cccc2Cl)SC1=S)c1ccncc1. The number of pyridine rings is 1. The van der Waals surface area contributed by atoms with Crippen molar-refractivity contribution in [1.82, 2.24) is 15.4 Å². The Morgan fingerprint density at radius 2 is 1.84 bits per heavy atom. The van der Waals surface area contributed by atoms with Crippen LogP contribution in [0.15, 0.2) is 47.6 Å². The molecule has 0 radical (unpaired) electrons. The van der Waals surface area contributed by atoms with Gasteiger partial charge in [0, 0.05) is 33.6 Å². The van der Waals surface area contributed by atoms with E-state index in [1.807, 2.05) is 0 Å². The van der Waals surface area contributed by atoms with Crippen LogP contribution >= 0.6 is 47.2 Å². The van der Waals surface area contributed by atoms with Gasteiger partial charge >= 0.3 is 0 Å². The van der Waals surface area contributed by atoms with Crippen LogP contribution in [0.25, 0.3) is 6.08 Å². The van der Waals surface area contributed by atoms with E-state index in [0.717, 1.165) is 16.8 Å². The summed E-state index contributed by atoms with van der Waals surface area (Å²) in [5.41, 5.74) is 3.37. The van der Waals surface area contributed by atoms with E-state index in [9.17, 15) is 9.59 Å². The second-order valence-corrected chi connectivity index (χ2v) is 7.32. The number of rotatable bonds is 3. The highest BCUT2D eigenvalue weighted by Crippen LogP contribution is 2.35. The van der Waals surface area contributed by atoms with Gasteiger partial charge in [-0.05, 0) is 42.6 Å². The van der Waals surface area contributed by atoms with Gasteiger partial charge < -0.3 is 0 Å². The van der Waals surface area contributed by atoms with Crippen molar-refractivity contribution in [3.63, 3.8) is 0 Å². The minimum atomic E-state index is -0.462. The number of halogens is 2. The highest BCUT2D eigenvalue weighted by Gasteiger charge is 2.34. The first-order chi connectivity index (χ1) is 12.0. The van der Waals surface area contributed by atoms with Crippen molar-refractivity contribution < 1.29 is 9.59 Å². The molecule has 1 N–H and O–H groups in total. The molecule has 2 amide bonds. The summed E-state index contributed by atoms with van der Waals surface area (Å²) in [6.45, 7) is 0. The van der Waals surface area contributed by atoms with Gasteiger partial charge in [0.1, 0.15) is 0 Å². The van der Waals surface area contributed by atoms with E-state index in [4.69, 9.17) is 35.4 Å². The molecule has 126 valence electrons. The number of carbonyl (C=O) groups is 2. The Morgan fingerprint density at radius 1 is 1.20 bits per heavy atom. The average molecular weight is 410 g/mol. The van der Waals surface area contributed by atoms with Crippen molar-refractivity contribution >= 4 is 69.4 Å². The fourth-order valence-electron chi connectivity index (χ4n) is 2.01. The quantitative estimate of drug-likeness (QED) is 0.614. The van der Waals surface area contributed by atoms with Gasteiger partial charge in [-0.25, -0.2) is 0 Å². The summed E-state index contributed by atoms with van der Waals surface area (Å²) in [5, 5.41) is 1.86. The fourth-order valence-corrected chi connectivity index (χ4v) is 3.68. The van der Waals surface area contributed by atoms with Crippen LogP contribution in [-0.2, 0) is 4.79 Å². The maximum Gasteiger partial charge on any atom is 0.285 e. The van der Waals surface area contributed by atoms with Crippen LogP contribution in [0.1, 0.15) is 15.9 Å². The lowest BCUT2D eigenvalue weighted by molar-refractivity contribution is -0.123. The molecule has 0 atom stereocenters. The van der Waals surface area contributed by atoms with E-state index in [1.165, 1.54) is 24.5 Å². The Bertz CT molecular complexity index is 883. The van der Waals surface area contributed by atoms with Gasteiger partial charge in [-0.2, -0.15) is 5.01 Å². The zero-order valence-electron chi connectivity index (χ0n) is 12.4. The van der Waals surface area contributed by atoms with Crippen LogP contribution in [-0.4, -0.2) is 26.1 Å². The molecule has 1 fully saturated rings. The molecule has 0 saturated carbocycles. The van der Waals surface area contributed by atoms with Crippen molar-refractivity contribution in [2.45, 2.75) is 0 Å². The zero-order valence-corrected chi connectivity index (χ0v) is 15.5. The molecule has 9 heteroatoms. The molecule has 1 aromatic heterocycles. The maximum atomic E-state index is 12.5. The summed E-state index contributed by atoms with van der Waals surface area (Å²) < 4.78 is 0.210. The molecular weight excluding hydrogens is 401 g/mol. The molecule has 2 heterocycles. The molecule has 0 aliphatic carbocycles. The minimum Gasteiger partial charge on any atom is -0.267 e. The number of thiocarbonyl (C=S) groups is 1. The number of hydrazine groups is 1. The number of nitrogens with zero attached hydrogens (tertiary/aromatic N) is 2. The van der Waals surface area contributed by atoms with Crippen molar-refractivity contribution in [3.8, 4) is 0 Å². The van der Waals surface area contributed by atoms with Gasteiger partial charge in [0.05, 0.1) is 4.91 Å². The molecule has 1 aliphatic rings. The lowest BCUT2D eigenvalue weighted by atomic mass is 10.2. The molecule has 0 spiro atoms. The Hall–Kier alpha value is -1.93. The predicted molar refractivity (Wildman–Crippen MR) is 103 cm³/mol. The summed E-state index contributed by atoms with van der Waals surface area (Å²) in [7, 11) is 0. The van der Waals surface area contributed by atoms with Crippen molar-refractivity contribution in [2.75, 3.05) is 0 Å². The smallest absolute Gasteiger partial charge is 0.267 e. The molecule has 2 aromatic rings. The van der Waals surface area contributed by atoms with Crippen molar-refractivity contribution in [1.29, 1.82) is 0 Å². The minimum absolute atomic E-state index is 0.210. The van der Waals surface area contributed by atoms with E-state index in [-0.39, 0.29) is 4.32 Å². The van der Waals surface area contributed by atoms with Gasteiger partial charge in [-0.15, -0.1) is 0 Å². The summed E-state index contributed by atoms with van der Waals surface area (Å²) in [6.07, 6.45) is 4.53. The standard InChI is InChI=1S/C16H9Cl2N3O2S2/c17-11-2-1-3-12(18)10(11)8-13-15(23)21(16(24)25-13)20-14(22)9-4-6-19-7-5-9/h1-8H,(H,20,22)/b13-8-. The summed E-state index contributed by atoms with van der Waals surface area (Å²) in [5.74, 6) is -0.913. The second-order valence-electron chi connectivity index (χ2n) is 4.83. The molecule has 25 heavy (non-hydrogen) atoms. The highest BCUT2D eigenvalue weighted by molar-refractivity contribution is 8.26. The Kier molecular flexibility index (Phi) is 5.39. The molecule has 0 bridgehead atoms. The van der Waals surface area contributed by atoms with Crippen LogP contribution in [0.2, 0.25) is 10.0 Å². The molecule has 5 nitrogen and oxygen atoms in total. The van der Waals surface area contributed by atoms with Crippen molar-refractivity contribution in [2.24, 2.45) is 0 Å². The zero-order chi connectivity index (χ0) is 18.0. The van der Waals surface area contributed by atoms with E-state index in [0.29, 0.717) is 26.1 Å². The van der Waals surface area contributed by atoms with Gasteiger partial charge in [0.15, 0.2) is 4.32 Å². The average Bonchev–Trinajstić information content (AvgIpc) is 2.86. The number of thioether (sulfide) groups is 1. The van der Waals surface area contributed by atoms with Gasteiger partial charge in [-0.1, -0.05) is 41.0 Å². The number of amides is 2. The molecule has 0 unspecified atom stereocenters. The van der Waals surface area contributed by atoms with E-state index < -0.39 is 11.8 Å². The molecule has 3 rings (SSSR count). The number of hydrogen-bond acceptors (Lipinski definition) is 5. The lowest BCUT2D eigenvalue weighted by Gasteiger charge is -2.15. The van der Waals surface area contributed by atoms with Crippen LogP contribution in [0.4, 0.5) is 0 Å². The first-order valence-corrected chi connectivity index (χ1v) is 8.88. The van der Waals surface area contributed by atoms with Crippen LogP contribution in [0.5, 0.6) is 0 Å². The lowest BCUT2D eigenvalue weighted by Crippen LogP contribution is -2.44. The third kappa shape index (κ3) is 3.85. The number of nitrogens with one attached hydrogen (secondary N) is 1. The monoisotopic (exact) mass is 409 g/mol. The first-order valence-electron chi connectivity index (χ1n) is 6.90. The summed E-state index contributed by atoms with van der Waals surface area (Å²) >= 11 is 18.5. The molecular formula is C16H9Cl2N3O2S2. The predicted octanol–water partition coefficient (Wildman–Crippen LogP) is 3.93. The van der Waals surface area contributed by atoms with E-state index in [1.54, 1.807) is 24.3 Å². The summed E-state index contributed by atoms with van der Waals surface area (Å²) in [4.78, 5) is 28.9. The third-order valence-corrected chi connectivity index (χ3v) is 5.19. The third-order valence-electron chi connectivity index (χ3n) is 3.22. The largest absolute Gasteiger partial charge is 0.285 e. The van der Waals surface area contributed by atoms with Gasteiger partial charge in [0.25, 0.3) is 11.8 Å². The number of aromatic nitrogens is 1. The van der Waals surface area contributed by atoms with Crippen molar-refractivity contribution in [3.05, 3.63) is 68.8 Å². The van der Waals surface area contributed by atoms with Crippen LogP contribution in [0.3, 0.4) is 0 Å². The Morgan fingerprint density at radius 3 is 2.48 bits per heavy atom. The van der Waals surface area contributed by atoms with Crippen LogP contribution in [0, 0.1) is 0 Å². The first kappa shape index (κ1) is 17.9. The Balaban J connectivity index is 1.83. The second kappa shape index (κ2) is 7.53. The number of benzene rings is 1. The van der Waals surface area contributed by atoms with E-state index >= 15 is 0 Å². The van der Waals surface area contributed by atoms with Gasteiger partial charge in [-0.3, -0.25) is 20.0 Å². The highest BCUT2D eigenvalue weighted by atomic mass is 35.5. The normalized spacial score (nSPS) is 15.8. The Labute approximate surface area is 163 Å².